The van der Waals surface area contributed by atoms with E-state index in [0.717, 1.165) is 18.5 Å². The van der Waals surface area contributed by atoms with Crippen molar-refractivity contribution >= 4 is 11.6 Å². The van der Waals surface area contributed by atoms with E-state index in [1.807, 2.05) is 26.0 Å². The third kappa shape index (κ3) is 3.97. The summed E-state index contributed by atoms with van der Waals surface area (Å²) >= 11 is 0. The van der Waals surface area contributed by atoms with Crippen LogP contribution in [-0.4, -0.2) is 22.5 Å². The minimum absolute atomic E-state index is 0.0338. The number of anilines is 1. The first-order chi connectivity index (χ1) is 14.5. The molecule has 30 heavy (non-hydrogen) atoms. The summed E-state index contributed by atoms with van der Waals surface area (Å²) in [6.07, 6.45) is 11.7. The van der Waals surface area contributed by atoms with Crippen molar-refractivity contribution in [3.8, 4) is 11.8 Å². The van der Waals surface area contributed by atoms with Crippen molar-refractivity contribution in [2.24, 2.45) is 17.3 Å². The van der Waals surface area contributed by atoms with Crippen LogP contribution in [0.2, 0.25) is 0 Å². The van der Waals surface area contributed by atoms with Crippen LogP contribution in [0.25, 0.3) is 0 Å². The molecule has 3 atom stereocenters. The topological polar surface area (TPSA) is 87.9 Å². The fraction of sp³-hybridized carbons (Fsp3) is 0.333. The Morgan fingerprint density at radius 2 is 2.23 bits per heavy atom. The Hall–Kier alpha value is -3.46. The molecule has 1 fully saturated rings. The Balaban J connectivity index is 1.51. The summed E-state index contributed by atoms with van der Waals surface area (Å²) in [5.41, 5.74) is 1.69. The van der Waals surface area contributed by atoms with Gasteiger partial charge in [0.25, 0.3) is 0 Å². The minimum Gasteiger partial charge on any atom is -0.489 e. The predicted octanol–water partition coefficient (Wildman–Crippen LogP) is 4.12. The highest BCUT2D eigenvalue weighted by molar-refractivity contribution is 5.95. The molecule has 4 rings (SSSR count). The highest BCUT2D eigenvalue weighted by atomic mass is 16.5. The molecule has 1 aromatic carbocycles. The third-order valence-electron chi connectivity index (χ3n) is 5.96. The molecule has 0 bridgehead atoms. The van der Waals surface area contributed by atoms with Crippen molar-refractivity contribution in [3.63, 3.8) is 0 Å². The first-order valence-electron chi connectivity index (χ1n) is 10.1. The number of carbonyl (C=O) groups is 1. The molecule has 152 valence electrons. The first-order valence-corrected chi connectivity index (χ1v) is 10.1. The number of hydrogen-bond donors (Lipinski definition) is 1. The number of nitrogens with zero attached hydrogens (tertiary/aromatic N) is 3. The lowest BCUT2D eigenvalue weighted by atomic mass is 9.82. The second-order valence-corrected chi connectivity index (χ2v) is 7.98. The van der Waals surface area contributed by atoms with E-state index in [2.05, 4.69) is 33.5 Å². The van der Waals surface area contributed by atoms with Gasteiger partial charge in [-0.2, -0.15) is 5.26 Å². The van der Waals surface area contributed by atoms with E-state index in [4.69, 9.17) is 10.00 Å². The second kappa shape index (κ2) is 8.11. The number of ether oxygens (including phenoxy) is 1. The number of nitrogens with one attached hydrogen (secondary N) is 1. The molecule has 1 amide bonds. The highest BCUT2D eigenvalue weighted by Crippen LogP contribution is 2.60. The number of rotatable bonds is 6. The van der Waals surface area contributed by atoms with Gasteiger partial charge in [0.15, 0.2) is 5.75 Å². The number of aromatic nitrogens is 2. The summed E-state index contributed by atoms with van der Waals surface area (Å²) in [4.78, 5) is 21.6. The van der Waals surface area contributed by atoms with Crippen LogP contribution >= 0.6 is 0 Å². The van der Waals surface area contributed by atoms with Gasteiger partial charge in [0.05, 0.1) is 30.1 Å². The van der Waals surface area contributed by atoms with Gasteiger partial charge in [0.1, 0.15) is 5.82 Å². The number of aryl methyl sites for hydroxylation is 2. The van der Waals surface area contributed by atoms with Crippen LogP contribution in [-0.2, 0) is 4.79 Å². The molecule has 2 aliphatic carbocycles. The summed E-state index contributed by atoms with van der Waals surface area (Å²) in [5.74, 6) is 1.40. The number of carbonyl (C=O) groups excluding carboxylic acids is 1. The number of allylic oxidation sites excluding steroid dienone is 4. The van der Waals surface area contributed by atoms with E-state index >= 15 is 0 Å². The summed E-state index contributed by atoms with van der Waals surface area (Å²) in [5, 5.41) is 12.1. The lowest BCUT2D eigenvalue weighted by molar-refractivity contribution is -0.118. The molecule has 1 unspecified atom stereocenters. The lowest BCUT2D eigenvalue weighted by Crippen LogP contribution is -2.29. The van der Waals surface area contributed by atoms with Crippen molar-refractivity contribution < 1.29 is 9.53 Å². The van der Waals surface area contributed by atoms with Crippen molar-refractivity contribution in [3.05, 3.63) is 71.8 Å². The van der Waals surface area contributed by atoms with Gasteiger partial charge in [-0.1, -0.05) is 30.4 Å². The van der Waals surface area contributed by atoms with Crippen molar-refractivity contribution in [1.29, 1.82) is 5.26 Å². The van der Waals surface area contributed by atoms with Gasteiger partial charge < -0.3 is 10.1 Å². The van der Waals surface area contributed by atoms with Crippen LogP contribution in [0.3, 0.4) is 0 Å². The Kier molecular flexibility index (Phi) is 5.37. The molecular formula is C24H24N4O2. The maximum absolute atomic E-state index is 13.0. The highest BCUT2D eigenvalue weighted by Gasteiger charge is 2.62. The van der Waals surface area contributed by atoms with E-state index in [1.54, 1.807) is 30.5 Å². The molecule has 0 aliphatic heterocycles. The van der Waals surface area contributed by atoms with Crippen molar-refractivity contribution in [2.45, 2.75) is 26.7 Å². The van der Waals surface area contributed by atoms with Gasteiger partial charge in [-0.25, -0.2) is 9.97 Å². The van der Waals surface area contributed by atoms with Crippen LogP contribution in [0.5, 0.6) is 5.75 Å². The van der Waals surface area contributed by atoms with Gasteiger partial charge in [0, 0.05) is 17.0 Å². The fourth-order valence-electron chi connectivity index (χ4n) is 4.18. The van der Waals surface area contributed by atoms with Crippen LogP contribution in [0, 0.1) is 42.4 Å². The van der Waals surface area contributed by atoms with Crippen LogP contribution in [0.1, 0.15) is 29.9 Å². The summed E-state index contributed by atoms with van der Waals surface area (Å²) in [6.45, 7) is 4.18. The average molecular weight is 400 g/mol. The SMILES string of the molecule is Cc1ncc(OC[C@@]2(C3C=CC=CC3)C[C@H]2C(=O)Nc2cccc(C#N)c2)c(C)n1. The van der Waals surface area contributed by atoms with Gasteiger partial charge >= 0.3 is 0 Å². The molecule has 1 heterocycles. The van der Waals surface area contributed by atoms with Gasteiger partial charge in [0.2, 0.25) is 5.91 Å². The molecule has 0 saturated heterocycles. The largest absolute Gasteiger partial charge is 0.489 e. The molecule has 2 aromatic rings. The molecule has 0 radical (unpaired) electrons. The molecule has 6 nitrogen and oxygen atoms in total. The van der Waals surface area contributed by atoms with Gasteiger partial charge in [-0.3, -0.25) is 4.79 Å². The quantitative estimate of drug-likeness (QED) is 0.788. The van der Waals surface area contributed by atoms with E-state index in [9.17, 15) is 4.79 Å². The maximum atomic E-state index is 13.0. The molecular weight excluding hydrogens is 376 g/mol. The molecule has 2 aliphatic rings. The lowest BCUT2D eigenvalue weighted by Gasteiger charge is -2.26. The zero-order chi connectivity index (χ0) is 21.1. The molecule has 1 N–H and O–H groups in total. The Morgan fingerprint density at radius 1 is 1.37 bits per heavy atom. The van der Waals surface area contributed by atoms with E-state index < -0.39 is 0 Å². The minimum atomic E-state index is -0.268. The van der Waals surface area contributed by atoms with Crippen LogP contribution < -0.4 is 10.1 Å². The van der Waals surface area contributed by atoms with Crippen molar-refractivity contribution in [2.75, 3.05) is 11.9 Å². The number of nitriles is 1. The molecule has 1 saturated carbocycles. The number of benzene rings is 1. The predicted molar refractivity (Wildman–Crippen MR) is 114 cm³/mol. The second-order valence-electron chi connectivity index (χ2n) is 7.98. The van der Waals surface area contributed by atoms with E-state index in [-0.39, 0.29) is 23.2 Å². The third-order valence-corrected chi connectivity index (χ3v) is 5.96. The Bertz CT molecular complexity index is 1070. The zero-order valence-corrected chi connectivity index (χ0v) is 17.1. The van der Waals surface area contributed by atoms with E-state index in [0.29, 0.717) is 29.4 Å². The fourth-order valence-corrected chi connectivity index (χ4v) is 4.18. The first kappa shape index (κ1) is 19.8. The van der Waals surface area contributed by atoms with Gasteiger partial charge in [-0.05, 0) is 50.8 Å². The normalized spacial score (nSPS) is 24.2. The number of amides is 1. The summed E-state index contributed by atoms with van der Waals surface area (Å²) in [7, 11) is 0. The molecule has 1 aromatic heterocycles. The summed E-state index contributed by atoms with van der Waals surface area (Å²) < 4.78 is 6.13. The molecule has 0 spiro atoms. The smallest absolute Gasteiger partial charge is 0.228 e. The Morgan fingerprint density at radius 3 is 2.97 bits per heavy atom. The monoisotopic (exact) mass is 400 g/mol. The number of hydrogen-bond acceptors (Lipinski definition) is 5. The zero-order valence-electron chi connectivity index (χ0n) is 17.1. The van der Waals surface area contributed by atoms with Crippen LogP contribution in [0.4, 0.5) is 5.69 Å². The maximum Gasteiger partial charge on any atom is 0.228 e. The van der Waals surface area contributed by atoms with Gasteiger partial charge in [-0.15, -0.1) is 0 Å². The Labute approximate surface area is 176 Å². The standard InChI is InChI=1S/C24H24N4O2/c1-16-22(14-26-17(2)27-16)30-15-24(19-8-4-3-5-9-19)12-21(24)23(29)28-20-10-6-7-18(11-20)13-25/h3-8,10-11,14,19,21H,9,12,15H2,1-2H3,(H,28,29)/t19?,21-,24+/m0/s1. The van der Waals surface area contributed by atoms with Crippen molar-refractivity contribution in [1.82, 2.24) is 9.97 Å². The van der Waals surface area contributed by atoms with Crippen LogP contribution in [0.15, 0.2) is 54.8 Å². The average Bonchev–Trinajstić information content (AvgIpc) is 3.50. The molecule has 6 heteroatoms. The summed E-state index contributed by atoms with van der Waals surface area (Å²) in [6, 6.07) is 9.08. The van der Waals surface area contributed by atoms with E-state index in [1.165, 1.54) is 0 Å².